The van der Waals surface area contributed by atoms with Crippen molar-refractivity contribution >= 4 is 10.9 Å². The number of rotatable bonds is 8. The van der Waals surface area contributed by atoms with E-state index in [0.717, 1.165) is 24.6 Å². The normalized spacial score (nSPS) is 16.5. The highest BCUT2D eigenvalue weighted by molar-refractivity contribution is 5.85. The lowest BCUT2D eigenvalue weighted by Gasteiger charge is -2.33. The molecule has 1 aromatic carbocycles. The van der Waals surface area contributed by atoms with Crippen LogP contribution in [0.3, 0.4) is 0 Å². The molecule has 4 aromatic rings. The standard InChI is InChI=1S/C26H32N6/c1-20(22-6-3-11-27-15-22)17-31-12-9-21(10-13-31)4-2-5-23-16-28-26-8-7-24(14-25(23)26)32-18-29-30-19-32/h3,6-8,11,14-16,18-21,28H,2,4-5,9-10,12-13,17H2,1H3/t20-/m1/s1. The largest absolute Gasteiger partial charge is 0.361 e. The van der Waals surface area contributed by atoms with Crippen LogP contribution in [-0.4, -0.2) is 49.3 Å². The van der Waals surface area contributed by atoms with Crippen molar-refractivity contribution in [2.24, 2.45) is 5.92 Å². The second kappa shape index (κ2) is 9.65. The molecule has 0 unspecified atom stereocenters. The van der Waals surface area contributed by atoms with Gasteiger partial charge < -0.3 is 9.88 Å². The maximum Gasteiger partial charge on any atom is 0.123 e. The van der Waals surface area contributed by atoms with Gasteiger partial charge in [-0.3, -0.25) is 9.55 Å². The lowest BCUT2D eigenvalue weighted by atomic mass is 9.90. The summed E-state index contributed by atoms with van der Waals surface area (Å²) in [5, 5.41) is 9.17. The Bertz CT molecular complexity index is 1110. The van der Waals surface area contributed by atoms with Gasteiger partial charge in [0.1, 0.15) is 12.7 Å². The van der Waals surface area contributed by atoms with E-state index in [-0.39, 0.29) is 0 Å². The first-order valence-corrected chi connectivity index (χ1v) is 11.8. The highest BCUT2D eigenvalue weighted by Gasteiger charge is 2.21. The Morgan fingerprint density at radius 3 is 2.75 bits per heavy atom. The fraction of sp³-hybridized carbons (Fsp3) is 0.423. The second-order valence-corrected chi connectivity index (χ2v) is 9.24. The Balaban J connectivity index is 1.10. The van der Waals surface area contributed by atoms with Crippen molar-refractivity contribution in [3.05, 3.63) is 72.7 Å². The number of aromatic amines is 1. The SMILES string of the molecule is C[C@H](CN1CCC(CCCc2c[nH]c3ccc(-n4cnnc4)cc23)CC1)c1cccnc1. The molecule has 1 aliphatic rings. The average molecular weight is 429 g/mol. The summed E-state index contributed by atoms with van der Waals surface area (Å²) in [6.07, 6.45) is 15.9. The third kappa shape index (κ3) is 4.75. The fourth-order valence-corrected chi connectivity index (χ4v) is 5.07. The third-order valence-corrected chi connectivity index (χ3v) is 7.02. The zero-order valence-electron chi connectivity index (χ0n) is 18.8. The number of benzene rings is 1. The van der Waals surface area contributed by atoms with E-state index >= 15 is 0 Å². The van der Waals surface area contributed by atoms with Gasteiger partial charge >= 0.3 is 0 Å². The lowest BCUT2D eigenvalue weighted by molar-refractivity contribution is 0.171. The van der Waals surface area contributed by atoms with E-state index in [0.29, 0.717) is 5.92 Å². The van der Waals surface area contributed by atoms with Crippen LogP contribution in [0.25, 0.3) is 16.6 Å². The first kappa shape index (κ1) is 20.9. The average Bonchev–Trinajstić information content (AvgIpc) is 3.51. The van der Waals surface area contributed by atoms with Crippen LogP contribution in [0, 0.1) is 5.92 Å². The minimum Gasteiger partial charge on any atom is -0.361 e. The molecule has 32 heavy (non-hydrogen) atoms. The topological polar surface area (TPSA) is 62.6 Å². The van der Waals surface area contributed by atoms with Crippen molar-refractivity contribution in [2.45, 2.75) is 44.9 Å². The molecule has 1 atom stereocenters. The summed E-state index contributed by atoms with van der Waals surface area (Å²) < 4.78 is 1.96. The molecule has 0 amide bonds. The van der Waals surface area contributed by atoms with Crippen LogP contribution in [0.4, 0.5) is 0 Å². The van der Waals surface area contributed by atoms with Crippen molar-refractivity contribution < 1.29 is 0 Å². The summed E-state index contributed by atoms with van der Waals surface area (Å²) in [7, 11) is 0. The summed E-state index contributed by atoms with van der Waals surface area (Å²) >= 11 is 0. The van der Waals surface area contributed by atoms with Gasteiger partial charge in [-0.1, -0.05) is 19.4 Å². The van der Waals surface area contributed by atoms with Crippen LogP contribution in [-0.2, 0) is 6.42 Å². The number of nitrogens with zero attached hydrogens (tertiary/aromatic N) is 5. The number of hydrogen-bond donors (Lipinski definition) is 1. The Labute approximate surface area is 189 Å². The molecule has 5 rings (SSSR count). The number of nitrogens with one attached hydrogen (secondary N) is 1. The van der Waals surface area contributed by atoms with Gasteiger partial charge in [-0.05, 0) is 86.0 Å². The number of piperidine rings is 1. The number of pyridine rings is 1. The third-order valence-electron chi connectivity index (χ3n) is 7.02. The van der Waals surface area contributed by atoms with E-state index in [4.69, 9.17) is 0 Å². The molecule has 0 radical (unpaired) electrons. The van der Waals surface area contributed by atoms with Crippen molar-refractivity contribution in [1.29, 1.82) is 0 Å². The van der Waals surface area contributed by atoms with Gasteiger partial charge in [-0.25, -0.2) is 0 Å². The maximum atomic E-state index is 4.27. The van der Waals surface area contributed by atoms with Gasteiger partial charge in [0.2, 0.25) is 0 Å². The summed E-state index contributed by atoms with van der Waals surface area (Å²) in [6.45, 7) is 5.91. The summed E-state index contributed by atoms with van der Waals surface area (Å²) in [4.78, 5) is 10.3. The Morgan fingerprint density at radius 2 is 1.97 bits per heavy atom. The highest BCUT2D eigenvalue weighted by Crippen LogP contribution is 2.27. The van der Waals surface area contributed by atoms with Crippen LogP contribution in [0.5, 0.6) is 0 Å². The minimum atomic E-state index is 0.546. The van der Waals surface area contributed by atoms with Crippen molar-refractivity contribution in [1.82, 2.24) is 29.6 Å². The summed E-state index contributed by atoms with van der Waals surface area (Å²) in [6, 6.07) is 10.7. The molecule has 0 saturated carbocycles. The predicted octanol–water partition coefficient (Wildman–Crippen LogP) is 4.98. The number of likely N-dealkylation sites (tertiary alicyclic amines) is 1. The Morgan fingerprint density at radius 1 is 1.12 bits per heavy atom. The number of hydrogen-bond acceptors (Lipinski definition) is 4. The Hall–Kier alpha value is -2.99. The first-order chi connectivity index (χ1) is 15.8. The molecular formula is C26H32N6. The number of H-pyrrole nitrogens is 1. The molecule has 0 aliphatic carbocycles. The maximum absolute atomic E-state index is 4.27. The number of fused-ring (bicyclic) bond motifs is 1. The van der Waals surface area contributed by atoms with Gasteiger partial charge in [0.05, 0.1) is 0 Å². The molecule has 3 aromatic heterocycles. The minimum absolute atomic E-state index is 0.546. The second-order valence-electron chi connectivity index (χ2n) is 9.24. The van der Waals surface area contributed by atoms with Crippen molar-refractivity contribution in [3.8, 4) is 5.69 Å². The van der Waals surface area contributed by atoms with E-state index in [9.17, 15) is 0 Å². The van der Waals surface area contributed by atoms with E-state index < -0.39 is 0 Å². The zero-order chi connectivity index (χ0) is 21.8. The molecule has 1 fully saturated rings. The van der Waals surface area contributed by atoms with Crippen molar-refractivity contribution in [2.75, 3.05) is 19.6 Å². The van der Waals surface area contributed by atoms with Gasteiger partial charge in [0, 0.05) is 41.7 Å². The molecule has 6 heteroatoms. The van der Waals surface area contributed by atoms with E-state index in [1.54, 1.807) is 12.7 Å². The lowest BCUT2D eigenvalue weighted by Crippen LogP contribution is -2.36. The van der Waals surface area contributed by atoms with Crippen molar-refractivity contribution in [3.63, 3.8) is 0 Å². The van der Waals surface area contributed by atoms with Crippen LogP contribution in [0.2, 0.25) is 0 Å². The molecule has 1 saturated heterocycles. The van der Waals surface area contributed by atoms with E-state index in [1.807, 2.05) is 23.0 Å². The van der Waals surface area contributed by atoms with Gasteiger partial charge in [-0.15, -0.1) is 10.2 Å². The first-order valence-electron chi connectivity index (χ1n) is 11.8. The van der Waals surface area contributed by atoms with Crippen LogP contribution >= 0.6 is 0 Å². The molecule has 1 aliphatic heterocycles. The van der Waals surface area contributed by atoms with Gasteiger partial charge in [0.15, 0.2) is 0 Å². The smallest absolute Gasteiger partial charge is 0.123 e. The number of aryl methyl sites for hydroxylation is 1. The zero-order valence-corrected chi connectivity index (χ0v) is 18.8. The molecule has 1 N–H and O–H groups in total. The van der Waals surface area contributed by atoms with Crippen LogP contribution in [0.1, 0.15) is 49.7 Å². The van der Waals surface area contributed by atoms with E-state index in [1.165, 1.54) is 60.8 Å². The fourth-order valence-electron chi connectivity index (χ4n) is 5.07. The quantitative estimate of drug-likeness (QED) is 0.430. The molecule has 0 bridgehead atoms. The molecule has 0 spiro atoms. The summed E-state index contributed by atoms with van der Waals surface area (Å²) in [5.41, 5.74) is 5.07. The molecule has 166 valence electrons. The Kier molecular flexibility index (Phi) is 6.30. The number of aromatic nitrogens is 5. The van der Waals surface area contributed by atoms with E-state index in [2.05, 4.69) is 62.5 Å². The highest BCUT2D eigenvalue weighted by atomic mass is 15.2. The van der Waals surface area contributed by atoms with Gasteiger partial charge in [-0.2, -0.15) is 0 Å². The predicted molar refractivity (Wildman–Crippen MR) is 128 cm³/mol. The monoisotopic (exact) mass is 428 g/mol. The molecular weight excluding hydrogens is 396 g/mol. The van der Waals surface area contributed by atoms with Crippen LogP contribution in [0.15, 0.2) is 61.6 Å². The summed E-state index contributed by atoms with van der Waals surface area (Å²) in [5.74, 6) is 1.41. The van der Waals surface area contributed by atoms with Crippen LogP contribution < -0.4 is 0 Å². The molecule has 4 heterocycles. The molecule has 6 nitrogen and oxygen atoms in total. The van der Waals surface area contributed by atoms with Gasteiger partial charge in [0.25, 0.3) is 0 Å².